The third kappa shape index (κ3) is 8.39. The fourth-order valence-corrected chi connectivity index (χ4v) is 4.37. The third-order valence-electron chi connectivity index (χ3n) is 6.19. The van der Waals surface area contributed by atoms with Crippen LogP contribution in [0.4, 0.5) is 0 Å². The van der Waals surface area contributed by atoms with E-state index in [2.05, 4.69) is 12.2 Å². The zero-order valence-corrected chi connectivity index (χ0v) is 22.5. The number of amides is 2. The first-order chi connectivity index (χ1) is 17.4. The van der Waals surface area contributed by atoms with Crippen LogP contribution in [0.5, 0.6) is 0 Å². The largest absolute Gasteiger partial charge is 0.354 e. The van der Waals surface area contributed by atoms with Gasteiger partial charge in [-0.3, -0.25) is 9.59 Å². The number of hydrogen-bond acceptors (Lipinski definition) is 2. The summed E-state index contributed by atoms with van der Waals surface area (Å²) in [4.78, 5) is 28.8. The predicted octanol–water partition coefficient (Wildman–Crippen LogP) is 6.79. The van der Waals surface area contributed by atoms with Crippen molar-refractivity contribution in [2.75, 3.05) is 6.54 Å². The van der Waals surface area contributed by atoms with Crippen LogP contribution >= 0.6 is 23.2 Å². The molecule has 4 nitrogen and oxygen atoms in total. The molecular formula is C30H34Cl2N2O2. The van der Waals surface area contributed by atoms with Gasteiger partial charge in [-0.2, -0.15) is 0 Å². The molecule has 0 bridgehead atoms. The molecule has 1 unspecified atom stereocenters. The summed E-state index contributed by atoms with van der Waals surface area (Å²) >= 11 is 12.4. The van der Waals surface area contributed by atoms with E-state index in [1.165, 1.54) is 5.56 Å². The lowest BCUT2D eigenvalue weighted by atomic mass is 10.0. The number of carbonyl (C=O) groups is 2. The molecule has 36 heavy (non-hydrogen) atoms. The summed E-state index contributed by atoms with van der Waals surface area (Å²) in [5, 5.41) is 3.92. The van der Waals surface area contributed by atoms with Gasteiger partial charge in [0.25, 0.3) is 0 Å². The number of halogens is 2. The molecule has 0 saturated carbocycles. The van der Waals surface area contributed by atoms with Gasteiger partial charge in [-0.15, -0.1) is 0 Å². The van der Waals surface area contributed by atoms with E-state index in [1.54, 1.807) is 17.0 Å². The summed E-state index contributed by atoms with van der Waals surface area (Å²) in [6, 6.07) is 22.7. The molecule has 0 heterocycles. The molecule has 6 heteroatoms. The Kier molecular flexibility index (Phi) is 10.8. The van der Waals surface area contributed by atoms with Crippen LogP contribution in [0.2, 0.25) is 10.0 Å². The second-order valence-corrected chi connectivity index (χ2v) is 9.92. The molecule has 1 atom stereocenters. The summed E-state index contributed by atoms with van der Waals surface area (Å²) in [6.07, 6.45) is 3.20. The highest BCUT2D eigenvalue weighted by atomic mass is 35.5. The molecule has 3 aromatic rings. The van der Waals surface area contributed by atoms with Gasteiger partial charge < -0.3 is 10.2 Å². The maximum atomic E-state index is 13.7. The fourth-order valence-electron chi connectivity index (χ4n) is 4.04. The SMILES string of the molecule is CCCCNC(=O)C(Cc1ccccc1)N(Cc1ccc(Cl)c(Cl)c1)C(=O)CCc1ccc(C)cc1. The first-order valence-electron chi connectivity index (χ1n) is 12.5. The Bertz CT molecular complexity index is 1130. The summed E-state index contributed by atoms with van der Waals surface area (Å²) < 4.78 is 0. The predicted molar refractivity (Wildman–Crippen MR) is 148 cm³/mol. The van der Waals surface area contributed by atoms with Crippen molar-refractivity contribution in [3.05, 3.63) is 105 Å². The molecule has 1 N–H and O–H groups in total. The van der Waals surface area contributed by atoms with Gasteiger partial charge in [0.05, 0.1) is 10.0 Å². The molecule has 0 saturated heterocycles. The number of nitrogens with one attached hydrogen (secondary N) is 1. The first kappa shape index (κ1) is 27.8. The highest BCUT2D eigenvalue weighted by molar-refractivity contribution is 6.42. The van der Waals surface area contributed by atoms with Crippen molar-refractivity contribution >= 4 is 35.0 Å². The van der Waals surface area contributed by atoms with Crippen molar-refractivity contribution in [1.82, 2.24) is 10.2 Å². The zero-order valence-electron chi connectivity index (χ0n) is 21.0. The molecule has 190 valence electrons. The molecule has 0 spiro atoms. The van der Waals surface area contributed by atoms with Crippen molar-refractivity contribution in [1.29, 1.82) is 0 Å². The van der Waals surface area contributed by atoms with Gasteiger partial charge in [0, 0.05) is 25.9 Å². The van der Waals surface area contributed by atoms with E-state index in [0.29, 0.717) is 35.9 Å². The lowest BCUT2D eigenvalue weighted by Crippen LogP contribution is -2.50. The van der Waals surface area contributed by atoms with E-state index < -0.39 is 6.04 Å². The van der Waals surface area contributed by atoms with Crippen molar-refractivity contribution in [3.63, 3.8) is 0 Å². The summed E-state index contributed by atoms with van der Waals surface area (Å²) in [5.41, 5.74) is 4.10. The molecule has 0 aliphatic carbocycles. The topological polar surface area (TPSA) is 49.4 Å². The molecule has 3 aromatic carbocycles. The highest BCUT2D eigenvalue weighted by Gasteiger charge is 2.30. The lowest BCUT2D eigenvalue weighted by molar-refractivity contribution is -0.141. The minimum atomic E-state index is -0.649. The molecule has 0 aromatic heterocycles. The molecular weight excluding hydrogens is 491 g/mol. The summed E-state index contributed by atoms with van der Waals surface area (Å²) in [5.74, 6) is -0.218. The number of nitrogens with zero attached hydrogens (tertiary/aromatic N) is 1. The van der Waals surface area contributed by atoms with Gasteiger partial charge in [0.2, 0.25) is 11.8 Å². The smallest absolute Gasteiger partial charge is 0.243 e. The maximum Gasteiger partial charge on any atom is 0.243 e. The standard InChI is InChI=1S/C30H34Cl2N2O2/c1-3-4-18-33-30(36)28(20-24-8-6-5-7-9-24)34(21-25-14-16-26(31)27(32)19-25)29(35)17-15-23-12-10-22(2)11-13-23/h5-14,16,19,28H,3-4,15,17-18,20-21H2,1-2H3,(H,33,36). The van der Waals surface area contributed by atoms with E-state index in [9.17, 15) is 9.59 Å². The Hall–Kier alpha value is -2.82. The van der Waals surface area contributed by atoms with Gasteiger partial charge in [0.1, 0.15) is 6.04 Å². The van der Waals surface area contributed by atoms with Gasteiger partial charge in [-0.25, -0.2) is 0 Å². The van der Waals surface area contributed by atoms with Crippen LogP contribution < -0.4 is 5.32 Å². The minimum Gasteiger partial charge on any atom is -0.354 e. The average molecular weight is 526 g/mol. The van der Waals surface area contributed by atoms with Crippen LogP contribution in [0.1, 0.15) is 48.4 Å². The van der Waals surface area contributed by atoms with Crippen LogP contribution in [-0.2, 0) is 29.0 Å². The van der Waals surface area contributed by atoms with Gasteiger partial charge in [-0.05, 0) is 48.6 Å². The lowest BCUT2D eigenvalue weighted by Gasteiger charge is -2.32. The number of unbranched alkanes of at least 4 members (excludes halogenated alkanes) is 1. The van der Waals surface area contributed by atoms with Gasteiger partial charge in [0.15, 0.2) is 0 Å². The average Bonchev–Trinajstić information content (AvgIpc) is 2.88. The maximum absolute atomic E-state index is 13.7. The fraction of sp³-hybridized carbons (Fsp3) is 0.333. The second-order valence-electron chi connectivity index (χ2n) is 9.11. The van der Waals surface area contributed by atoms with E-state index in [4.69, 9.17) is 23.2 Å². The van der Waals surface area contributed by atoms with E-state index in [1.807, 2.05) is 67.6 Å². The molecule has 2 amide bonds. The van der Waals surface area contributed by atoms with Crippen molar-refractivity contribution in [2.24, 2.45) is 0 Å². The monoisotopic (exact) mass is 524 g/mol. The normalized spacial score (nSPS) is 11.7. The van der Waals surface area contributed by atoms with Gasteiger partial charge in [-0.1, -0.05) is 103 Å². The first-order valence-corrected chi connectivity index (χ1v) is 13.2. The van der Waals surface area contributed by atoms with Crippen LogP contribution in [-0.4, -0.2) is 29.3 Å². The number of aryl methyl sites for hydroxylation is 2. The van der Waals surface area contributed by atoms with Crippen LogP contribution in [0, 0.1) is 6.92 Å². The third-order valence-corrected chi connectivity index (χ3v) is 6.92. The van der Waals surface area contributed by atoms with E-state index >= 15 is 0 Å². The quantitative estimate of drug-likeness (QED) is 0.265. The Labute approximate surface area is 224 Å². The number of rotatable bonds is 12. The number of benzene rings is 3. The number of hydrogen-bond donors (Lipinski definition) is 1. The Morgan fingerprint density at radius 1 is 0.889 bits per heavy atom. The Balaban J connectivity index is 1.89. The number of carbonyl (C=O) groups excluding carboxylic acids is 2. The molecule has 0 aliphatic heterocycles. The summed E-state index contributed by atoms with van der Waals surface area (Å²) in [7, 11) is 0. The van der Waals surface area contributed by atoms with Crippen molar-refractivity contribution < 1.29 is 9.59 Å². The zero-order chi connectivity index (χ0) is 25.9. The summed E-state index contributed by atoms with van der Waals surface area (Å²) in [6.45, 7) is 4.97. The van der Waals surface area contributed by atoms with Crippen molar-refractivity contribution in [3.8, 4) is 0 Å². The van der Waals surface area contributed by atoms with Gasteiger partial charge >= 0.3 is 0 Å². The molecule has 0 aliphatic rings. The van der Waals surface area contributed by atoms with E-state index in [-0.39, 0.29) is 18.4 Å². The van der Waals surface area contributed by atoms with Crippen molar-refractivity contribution in [2.45, 2.75) is 58.5 Å². The minimum absolute atomic E-state index is 0.0757. The van der Waals surface area contributed by atoms with Crippen LogP contribution in [0.25, 0.3) is 0 Å². The highest BCUT2D eigenvalue weighted by Crippen LogP contribution is 2.25. The molecule has 0 radical (unpaired) electrons. The van der Waals surface area contributed by atoms with E-state index in [0.717, 1.165) is 29.5 Å². The van der Waals surface area contributed by atoms with Crippen LogP contribution in [0.3, 0.4) is 0 Å². The Morgan fingerprint density at radius 3 is 2.25 bits per heavy atom. The second kappa shape index (κ2) is 14.1. The van der Waals surface area contributed by atoms with Crippen LogP contribution in [0.15, 0.2) is 72.8 Å². The Morgan fingerprint density at radius 2 is 1.58 bits per heavy atom. The molecule has 3 rings (SSSR count). The molecule has 0 fully saturated rings.